The molecule has 0 atom stereocenters. The number of carbonyl (C=O) groups excluding carboxylic acids is 1. The van der Waals surface area contributed by atoms with E-state index in [9.17, 15) is 4.79 Å². The first-order valence-electron chi connectivity index (χ1n) is 29.6. The van der Waals surface area contributed by atoms with Crippen molar-refractivity contribution in [3.8, 4) is 91.3 Å². The van der Waals surface area contributed by atoms with Crippen molar-refractivity contribution in [1.29, 1.82) is 0 Å². The minimum Gasteiger partial charge on any atom is -0.507 e. The number of para-hydroxylation sites is 5. The maximum atomic E-state index is 10.1. The topological polar surface area (TPSA) is 228 Å². The summed E-state index contributed by atoms with van der Waals surface area (Å²) >= 11 is 0. The summed E-state index contributed by atoms with van der Waals surface area (Å²) in [7, 11) is 1.67. The number of ether oxygens (including phenoxy) is 3. The summed E-state index contributed by atoms with van der Waals surface area (Å²) in [6.45, 7) is 13.5. The summed E-state index contributed by atoms with van der Waals surface area (Å²) in [6.07, 6.45) is 9.26. The van der Waals surface area contributed by atoms with Crippen LogP contribution in [0.1, 0.15) is 55.9 Å². The first kappa shape index (κ1) is 77.3. The van der Waals surface area contributed by atoms with Crippen molar-refractivity contribution < 1.29 is 89.5 Å². The number of aromatic hydroxyl groups is 2. The molecule has 17 nitrogen and oxygen atoms in total. The number of aldehydes is 1. The quantitative estimate of drug-likeness (QED) is 0.0658. The number of hydrogen-bond donors (Lipinski definition) is 2. The summed E-state index contributed by atoms with van der Waals surface area (Å²) in [6, 6.07) is 74.8. The second kappa shape index (κ2) is 40.7. The number of carbonyl (C=O) groups is 1. The van der Waals surface area contributed by atoms with Gasteiger partial charge in [-0.2, -0.15) is 0 Å². The third-order valence-corrected chi connectivity index (χ3v) is 13.0. The Labute approximate surface area is 605 Å². The van der Waals surface area contributed by atoms with Crippen LogP contribution in [-0.4, -0.2) is 74.7 Å². The number of aryl methyl sites for hydroxylation is 7. The number of nitrogens with zero attached hydrogens (tertiary/aromatic N) is 11. The number of aliphatic imine (C=N–C) groups is 1. The molecule has 0 fully saturated rings. The minimum atomic E-state index is 0. The van der Waals surface area contributed by atoms with E-state index in [4.69, 9.17) is 24.4 Å². The zero-order valence-corrected chi connectivity index (χ0v) is 61.3. The number of aromatic nitrogens is 10. The predicted octanol–water partition coefficient (Wildman–Crippen LogP) is 16.5. The number of pyridine rings is 1. The molecule has 0 aliphatic carbocycles. The summed E-state index contributed by atoms with van der Waals surface area (Å²) in [5.74, 6) is 6.26. The van der Waals surface area contributed by atoms with Gasteiger partial charge in [-0.15, -0.1) is 89.5 Å². The molecule has 8 aromatic carbocycles. The Bertz CT molecular complexity index is 4170. The summed E-state index contributed by atoms with van der Waals surface area (Å²) in [4.78, 5) is 48.6. The Morgan fingerprint density at radius 1 is 0.412 bits per heavy atom. The monoisotopic (exact) mass is 1820 g/mol. The van der Waals surface area contributed by atoms with Gasteiger partial charge >= 0.3 is 0 Å². The average Bonchev–Trinajstić information content (AvgIpc) is 1.64. The number of hydrogen-bond acceptors (Lipinski definition) is 16. The molecule has 497 valence electrons. The average molecular weight is 1820 g/mol. The molecule has 13 aromatic rings. The van der Waals surface area contributed by atoms with Crippen LogP contribution in [-0.2, 0) is 60.3 Å². The molecule has 0 aliphatic heterocycles. The normalized spacial score (nSPS) is 9.90. The van der Waals surface area contributed by atoms with Crippen LogP contribution >= 0.6 is 0 Å². The van der Waals surface area contributed by atoms with Crippen LogP contribution < -0.4 is 19.3 Å². The predicted molar refractivity (Wildman–Crippen MR) is 365 cm³/mol. The Hall–Kier alpha value is -10.4. The van der Waals surface area contributed by atoms with Crippen LogP contribution in [0.3, 0.4) is 0 Å². The van der Waals surface area contributed by atoms with Crippen LogP contribution in [0.25, 0.3) is 45.3 Å². The molecular weight excluding hydrogens is 1750 g/mol. The second-order valence-corrected chi connectivity index (χ2v) is 20.4. The third kappa shape index (κ3) is 25.0. The molecule has 0 saturated carbocycles. The molecule has 0 amide bonds. The van der Waals surface area contributed by atoms with E-state index in [1.807, 2.05) is 217 Å². The van der Waals surface area contributed by atoms with Gasteiger partial charge in [0.15, 0.2) is 6.29 Å². The fourth-order valence-corrected chi connectivity index (χ4v) is 8.57. The van der Waals surface area contributed by atoms with Crippen molar-refractivity contribution in [2.45, 2.75) is 48.5 Å². The standard InChI is InChI=1S/3C18H15N2O.C8H7N4.C8H9NO.C7H6O2.3Ir/c3*1-13-12-19-18(14(2)20-13)15-8-10-17(11-9-15)21-16-6-4-3-5-7-16;1-6-10-8(12-11-6)7-4-2-3-5-9-7;1-9-6-7-4-2-3-5-8(7)10;8-5-6-3-1-2-4-7(6)9;;;/h3*3-8,10-12H,1-2H3;2-5H,1H3;2-6,10H,1H3;1-5,9H;;;/q4*-1;;;;;. The van der Waals surface area contributed by atoms with Gasteiger partial charge in [0.05, 0.1) is 28.3 Å². The van der Waals surface area contributed by atoms with E-state index in [0.29, 0.717) is 23.5 Å². The molecule has 0 spiro atoms. The SMILES string of the molecule is CN=Cc1ccccc1O.Cc1cnc(-c2[c-]cc(Oc3ccccc3)cc2)c(C)n1.Cc1cnc(-c2[c-]cc(Oc3ccccc3)cc2)c(C)n1.Cc1cnc(-c2[c-]cc(Oc3ccccc3)cc2)c(C)n1.Cc1n[n-]c(-c2ccccn2)n1.O=Cc1ccccc1O.[Ir].[Ir].[Ir]. The Morgan fingerprint density at radius 3 is 1.06 bits per heavy atom. The largest absolute Gasteiger partial charge is 0.507 e. The van der Waals surface area contributed by atoms with Gasteiger partial charge in [0.2, 0.25) is 0 Å². The van der Waals surface area contributed by atoms with Crippen molar-refractivity contribution in [3.05, 3.63) is 306 Å². The van der Waals surface area contributed by atoms with Crippen LogP contribution in [0.4, 0.5) is 0 Å². The Balaban J connectivity index is 0.000000215. The summed E-state index contributed by atoms with van der Waals surface area (Å²) in [5, 5.41) is 25.7. The number of rotatable bonds is 12. The maximum Gasteiger partial charge on any atom is 0.153 e. The zero-order valence-electron chi connectivity index (χ0n) is 54.1. The van der Waals surface area contributed by atoms with Crippen LogP contribution in [0.2, 0.25) is 0 Å². The van der Waals surface area contributed by atoms with E-state index in [1.54, 1.807) is 75.3 Å². The van der Waals surface area contributed by atoms with E-state index >= 15 is 0 Å². The van der Waals surface area contributed by atoms with E-state index in [-0.39, 0.29) is 71.8 Å². The molecule has 20 heteroatoms. The second-order valence-electron chi connectivity index (χ2n) is 20.4. The molecule has 0 aliphatic rings. The van der Waals surface area contributed by atoms with Gasteiger partial charge in [-0.25, -0.2) is 0 Å². The Morgan fingerprint density at radius 2 is 0.773 bits per heavy atom. The van der Waals surface area contributed by atoms with E-state index < -0.39 is 0 Å². The fourth-order valence-electron chi connectivity index (χ4n) is 8.57. The van der Waals surface area contributed by atoms with Crippen molar-refractivity contribution in [2.75, 3.05) is 7.05 Å². The van der Waals surface area contributed by atoms with Gasteiger partial charge in [0, 0.05) is 161 Å². The first-order valence-corrected chi connectivity index (χ1v) is 29.6. The van der Waals surface area contributed by atoms with Crippen LogP contribution in [0.15, 0.2) is 242 Å². The van der Waals surface area contributed by atoms with Gasteiger partial charge in [0.1, 0.15) is 28.7 Å². The molecule has 2 N–H and O–H groups in total. The molecule has 5 aromatic heterocycles. The van der Waals surface area contributed by atoms with Crippen molar-refractivity contribution in [2.24, 2.45) is 4.99 Å². The molecule has 3 radical (unpaired) electrons. The zero-order chi connectivity index (χ0) is 66.4. The van der Waals surface area contributed by atoms with E-state index in [0.717, 1.165) is 114 Å². The minimum absolute atomic E-state index is 0. The number of phenols is 2. The smallest absolute Gasteiger partial charge is 0.153 e. The van der Waals surface area contributed by atoms with Crippen molar-refractivity contribution >= 4 is 12.5 Å². The first-order chi connectivity index (χ1) is 45.7. The van der Waals surface area contributed by atoms with Gasteiger partial charge in [0.25, 0.3) is 0 Å². The number of benzene rings is 8. The molecule has 13 rings (SSSR count). The summed E-state index contributed by atoms with van der Waals surface area (Å²) < 4.78 is 17.3. The van der Waals surface area contributed by atoms with Crippen LogP contribution in [0.5, 0.6) is 46.0 Å². The van der Waals surface area contributed by atoms with Gasteiger partial charge in [-0.3, -0.25) is 34.8 Å². The van der Waals surface area contributed by atoms with E-state index in [1.165, 1.54) is 6.07 Å². The van der Waals surface area contributed by atoms with E-state index in [2.05, 4.69) is 73.3 Å². The van der Waals surface area contributed by atoms with Gasteiger partial charge in [-0.05, 0) is 127 Å². The van der Waals surface area contributed by atoms with Crippen molar-refractivity contribution in [3.63, 3.8) is 0 Å². The van der Waals surface area contributed by atoms with Crippen LogP contribution in [0, 0.1) is 66.7 Å². The Kier molecular flexibility index (Phi) is 32.5. The van der Waals surface area contributed by atoms with Gasteiger partial charge in [-0.1, -0.05) is 84.9 Å². The van der Waals surface area contributed by atoms with Crippen molar-refractivity contribution in [1.82, 2.24) is 50.1 Å². The van der Waals surface area contributed by atoms with Gasteiger partial charge < -0.3 is 49.5 Å². The summed E-state index contributed by atoms with van der Waals surface area (Å²) in [5.41, 5.74) is 12.6. The molecule has 5 heterocycles. The third-order valence-electron chi connectivity index (χ3n) is 13.0. The number of phenolic OH excluding ortho intramolecular Hbond substituents is 2. The molecule has 97 heavy (non-hydrogen) atoms. The molecule has 0 unspecified atom stereocenters. The molecule has 0 bridgehead atoms. The molecular formula is C77H67Ir3N11O6-4. The maximum absolute atomic E-state index is 10.1. The molecule has 0 saturated heterocycles. The fraction of sp³-hybridized carbons (Fsp3) is 0.104.